The first-order chi connectivity index (χ1) is 10.3. The standard InChI is InChI=1S/C15H14N6/c1-20(16-12-13-8-4-2-5-9-13)15-17-18-19-21(15)14-10-6-3-7-11-14/h2-12H,1H3/b16-12+. The van der Waals surface area contributed by atoms with E-state index in [9.17, 15) is 0 Å². The Kier molecular flexibility index (Phi) is 3.68. The molecule has 3 aromatic rings. The molecule has 0 N–H and O–H groups in total. The van der Waals surface area contributed by atoms with Gasteiger partial charge in [0.1, 0.15) is 0 Å². The lowest BCUT2D eigenvalue weighted by atomic mass is 10.2. The molecule has 0 amide bonds. The van der Waals surface area contributed by atoms with Gasteiger partial charge in [-0.05, 0) is 28.1 Å². The highest BCUT2D eigenvalue weighted by atomic mass is 15.6. The maximum absolute atomic E-state index is 4.37. The molecule has 0 aliphatic carbocycles. The number of hydrogen-bond donors (Lipinski definition) is 0. The Balaban J connectivity index is 1.85. The van der Waals surface area contributed by atoms with Gasteiger partial charge in [0.25, 0.3) is 5.95 Å². The highest BCUT2D eigenvalue weighted by Gasteiger charge is 2.11. The predicted octanol–water partition coefficient (Wildman–Crippen LogP) is 2.13. The Morgan fingerprint density at radius 2 is 1.67 bits per heavy atom. The van der Waals surface area contributed by atoms with Crippen molar-refractivity contribution in [3.05, 3.63) is 66.2 Å². The molecule has 0 bridgehead atoms. The molecule has 0 saturated heterocycles. The van der Waals surface area contributed by atoms with E-state index in [1.807, 2.05) is 67.7 Å². The molecule has 1 aromatic heterocycles. The van der Waals surface area contributed by atoms with E-state index < -0.39 is 0 Å². The summed E-state index contributed by atoms with van der Waals surface area (Å²) in [6, 6.07) is 19.6. The van der Waals surface area contributed by atoms with E-state index in [0.717, 1.165) is 11.3 Å². The fourth-order valence-corrected chi connectivity index (χ4v) is 1.86. The van der Waals surface area contributed by atoms with Gasteiger partial charge in [-0.2, -0.15) is 9.78 Å². The number of tetrazole rings is 1. The Bertz CT molecular complexity index is 720. The van der Waals surface area contributed by atoms with Gasteiger partial charge >= 0.3 is 0 Å². The molecule has 6 nitrogen and oxygen atoms in total. The summed E-state index contributed by atoms with van der Waals surface area (Å²) in [7, 11) is 1.81. The summed E-state index contributed by atoms with van der Waals surface area (Å²) >= 11 is 0. The SMILES string of the molecule is CN(/N=C/c1ccccc1)c1nnnn1-c1ccccc1. The highest BCUT2D eigenvalue weighted by molar-refractivity contribution is 5.80. The average molecular weight is 278 g/mol. The average Bonchev–Trinajstić information content (AvgIpc) is 3.04. The van der Waals surface area contributed by atoms with Crippen molar-refractivity contribution in [3.8, 4) is 5.69 Å². The Morgan fingerprint density at radius 1 is 1.00 bits per heavy atom. The zero-order valence-electron chi connectivity index (χ0n) is 11.5. The molecule has 0 spiro atoms. The van der Waals surface area contributed by atoms with Crippen LogP contribution >= 0.6 is 0 Å². The third kappa shape index (κ3) is 2.94. The summed E-state index contributed by atoms with van der Waals surface area (Å²) in [6.45, 7) is 0. The van der Waals surface area contributed by atoms with Crippen LogP contribution in [0.4, 0.5) is 5.95 Å². The lowest BCUT2D eigenvalue weighted by molar-refractivity contribution is 0.780. The largest absolute Gasteiger partial charge is 0.270 e. The van der Waals surface area contributed by atoms with Crippen LogP contribution in [0.25, 0.3) is 5.69 Å². The first-order valence-corrected chi connectivity index (χ1v) is 6.51. The highest BCUT2D eigenvalue weighted by Crippen LogP contribution is 2.13. The molecule has 21 heavy (non-hydrogen) atoms. The van der Waals surface area contributed by atoms with Gasteiger partial charge < -0.3 is 0 Å². The van der Waals surface area contributed by atoms with E-state index in [4.69, 9.17) is 0 Å². The summed E-state index contributed by atoms with van der Waals surface area (Å²) in [5.41, 5.74) is 1.90. The molecule has 1 heterocycles. The monoisotopic (exact) mass is 278 g/mol. The molecule has 2 aromatic carbocycles. The number of aromatic nitrogens is 4. The molecule has 0 aliphatic rings. The van der Waals surface area contributed by atoms with Gasteiger partial charge in [-0.3, -0.25) is 0 Å². The maximum atomic E-state index is 4.37. The second kappa shape index (κ2) is 5.96. The second-order valence-corrected chi connectivity index (χ2v) is 4.41. The second-order valence-electron chi connectivity index (χ2n) is 4.41. The van der Waals surface area contributed by atoms with Crippen molar-refractivity contribution in [2.45, 2.75) is 0 Å². The summed E-state index contributed by atoms with van der Waals surface area (Å²) in [5.74, 6) is 0.549. The number of para-hydroxylation sites is 1. The van der Waals surface area contributed by atoms with E-state index in [2.05, 4.69) is 20.6 Å². The lowest BCUT2D eigenvalue weighted by Crippen LogP contribution is -2.15. The Labute approximate surface area is 122 Å². The molecule has 6 heteroatoms. The van der Waals surface area contributed by atoms with Crippen molar-refractivity contribution < 1.29 is 0 Å². The fourth-order valence-electron chi connectivity index (χ4n) is 1.86. The van der Waals surface area contributed by atoms with Crippen molar-refractivity contribution in [1.29, 1.82) is 0 Å². The normalized spacial score (nSPS) is 10.9. The van der Waals surface area contributed by atoms with E-state index in [1.54, 1.807) is 15.9 Å². The molecule has 0 atom stereocenters. The number of benzene rings is 2. The van der Waals surface area contributed by atoms with Gasteiger partial charge in [0.05, 0.1) is 11.9 Å². The molecule has 0 fully saturated rings. The van der Waals surface area contributed by atoms with Crippen molar-refractivity contribution in [1.82, 2.24) is 20.2 Å². The number of rotatable bonds is 4. The molecule has 0 saturated carbocycles. The van der Waals surface area contributed by atoms with Crippen LogP contribution in [-0.4, -0.2) is 33.5 Å². The molecule has 104 valence electrons. The minimum Gasteiger partial charge on any atom is -0.233 e. The first kappa shape index (κ1) is 13.0. The summed E-state index contributed by atoms with van der Waals surface area (Å²) in [6.07, 6.45) is 1.77. The van der Waals surface area contributed by atoms with Gasteiger partial charge in [0.2, 0.25) is 0 Å². The van der Waals surface area contributed by atoms with E-state index >= 15 is 0 Å². The summed E-state index contributed by atoms with van der Waals surface area (Å²) in [4.78, 5) is 0. The van der Waals surface area contributed by atoms with Crippen LogP contribution in [0.2, 0.25) is 0 Å². The molecular weight excluding hydrogens is 264 g/mol. The quantitative estimate of drug-likeness (QED) is 0.542. The van der Waals surface area contributed by atoms with Crippen LogP contribution in [0.1, 0.15) is 5.56 Å². The zero-order chi connectivity index (χ0) is 14.5. The minimum atomic E-state index is 0.549. The molecule has 0 aliphatic heterocycles. The molecule has 0 radical (unpaired) electrons. The van der Waals surface area contributed by atoms with Gasteiger partial charge in [-0.1, -0.05) is 53.6 Å². The van der Waals surface area contributed by atoms with Gasteiger partial charge in [-0.15, -0.1) is 0 Å². The Hall–Kier alpha value is -3.02. The van der Waals surface area contributed by atoms with Crippen LogP contribution in [0.5, 0.6) is 0 Å². The van der Waals surface area contributed by atoms with Crippen molar-refractivity contribution in [2.75, 3.05) is 12.1 Å². The zero-order valence-corrected chi connectivity index (χ0v) is 11.5. The number of hydrogen-bond acceptors (Lipinski definition) is 5. The fraction of sp³-hybridized carbons (Fsp3) is 0.0667. The smallest absolute Gasteiger partial charge is 0.233 e. The first-order valence-electron chi connectivity index (χ1n) is 6.51. The topological polar surface area (TPSA) is 59.2 Å². The van der Waals surface area contributed by atoms with Crippen LogP contribution in [0.15, 0.2) is 65.8 Å². The third-order valence-corrected chi connectivity index (χ3v) is 2.92. The van der Waals surface area contributed by atoms with Crippen LogP contribution in [0.3, 0.4) is 0 Å². The van der Waals surface area contributed by atoms with E-state index in [1.165, 1.54) is 0 Å². The Morgan fingerprint density at radius 3 is 2.38 bits per heavy atom. The predicted molar refractivity (Wildman–Crippen MR) is 81.6 cm³/mol. The number of anilines is 1. The van der Waals surface area contributed by atoms with E-state index in [0.29, 0.717) is 5.95 Å². The van der Waals surface area contributed by atoms with Gasteiger partial charge in [0, 0.05) is 7.05 Å². The van der Waals surface area contributed by atoms with Crippen LogP contribution in [-0.2, 0) is 0 Å². The van der Waals surface area contributed by atoms with Gasteiger partial charge in [0.15, 0.2) is 0 Å². The maximum Gasteiger partial charge on any atom is 0.270 e. The van der Waals surface area contributed by atoms with Crippen LogP contribution < -0.4 is 5.01 Å². The molecule has 0 unspecified atom stereocenters. The molecular formula is C15H14N6. The minimum absolute atomic E-state index is 0.549. The number of hydrazone groups is 1. The van der Waals surface area contributed by atoms with Crippen molar-refractivity contribution in [2.24, 2.45) is 5.10 Å². The summed E-state index contributed by atoms with van der Waals surface area (Å²) in [5, 5.41) is 17.8. The van der Waals surface area contributed by atoms with Gasteiger partial charge in [-0.25, -0.2) is 5.01 Å². The summed E-state index contributed by atoms with van der Waals surface area (Å²) < 4.78 is 1.64. The lowest BCUT2D eigenvalue weighted by Gasteiger charge is -2.11. The van der Waals surface area contributed by atoms with Crippen molar-refractivity contribution >= 4 is 12.2 Å². The van der Waals surface area contributed by atoms with Crippen LogP contribution in [0, 0.1) is 0 Å². The van der Waals surface area contributed by atoms with Crippen molar-refractivity contribution in [3.63, 3.8) is 0 Å². The number of nitrogens with zero attached hydrogens (tertiary/aromatic N) is 6. The third-order valence-electron chi connectivity index (χ3n) is 2.92. The molecule has 3 rings (SSSR count). The van der Waals surface area contributed by atoms with E-state index in [-0.39, 0.29) is 0 Å².